The monoisotopic (exact) mass is 336 g/mol. The molecular weight excluding hydrogens is 323 g/mol. The maximum absolute atomic E-state index is 13.8. The zero-order valence-electron chi connectivity index (χ0n) is 10.9. The quantitative estimate of drug-likeness (QED) is 0.872. The fourth-order valence-corrected chi connectivity index (χ4v) is 2.44. The predicted octanol–water partition coefficient (Wildman–Crippen LogP) is 3.44. The van der Waals surface area contributed by atoms with Crippen LogP contribution in [-0.4, -0.2) is 17.9 Å². The first kappa shape index (κ1) is 14.5. The third-order valence-corrected chi connectivity index (χ3v) is 3.55. The Balaban J connectivity index is 2.21. The molecule has 0 saturated heterocycles. The van der Waals surface area contributed by atoms with Crippen LogP contribution in [0.25, 0.3) is 0 Å². The number of amides is 1. The van der Waals surface area contributed by atoms with E-state index in [-0.39, 0.29) is 11.5 Å². The maximum Gasteiger partial charge on any atom is 0.258 e. The third kappa shape index (κ3) is 3.17. The van der Waals surface area contributed by atoms with Gasteiger partial charge in [-0.05, 0) is 45.8 Å². The summed E-state index contributed by atoms with van der Waals surface area (Å²) in [7, 11) is 1.63. The number of nitrogens with two attached hydrogens (primary N) is 1. The Morgan fingerprint density at radius 1 is 1.30 bits per heavy atom. The van der Waals surface area contributed by atoms with E-state index in [1.54, 1.807) is 31.3 Å². The molecule has 0 spiro atoms. The summed E-state index contributed by atoms with van der Waals surface area (Å²) in [6.07, 6.45) is 0. The van der Waals surface area contributed by atoms with Gasteiger partial charge in [0, 0.05) is 23.8 Å². The van der Waals surface area contributed by atoms with Crippen molar-refractivity contribution in [3.05, 3.63) is 63.9 Å². The molecule has 0 bridgehead atoms. The van der Waals surface area contributed by atoms with Gasteiger partial charge in [-0.2, -0.15) is 0 Å². The van der Waals surface area contributed by atoms with Gasteiger partial charge in [0.1, 0.15) is 5.82 Å². The number of anilines is 1. The van der Waals surface area contributed by atoms with Crippen LogP contribution in [0.1, 0.15) is 15.9 Å². The normalized spacial score (nSPS) is 10.3. The lowest BCUT2D eigenvalue weighted by molar-refractivity contribution is 0.0779. The van der Waals surface area contributed by atoms with Crippen molar-refractivity contribution in [2.45, 2.75) is 6.54 Å². The average molecular weight is 337 g/mol. The molecule has 0 radical (unpaired) electrons. The molecule has 0 heterocycles. The first-order valence-electron chi connectivity index (χ1n) is 6.03. The highest BCUT2D eigenvalue weighted by atomic mass is 79.9. The number of hydrogen-bond acceptors (Lipinski definition) is 2. The highest BCUT2D eigenvalue weighted by molar-refractivity contribution is 9.10. The van der Waals surface area contributed by atoms with Gasteiger partial charge in [-0.25, -0.2) is 4.39 Å². The summed E-state index contributed by atoms with van der Waals surface area (Å²) in [4.78, 5) is 13.8. The van der Waals surface area contributed by atoms with Gasteiger partial charge in [0.25, 0.3) is 5.91 Å². The van der Waals surface area contributed by atoms with Gasteiger partial charge >= 0.3 is 0 Å². The molecule has 2 aromatic carbocycles. The van der Waals surface area contributed by atoms with Crippen molar-refractivity contribution >= 4 is 27.5 Å². The molecule has 0 aromatic heterocycles. The molecule has 0 atom stereocenters. The average Bonchev–Trinajstić information content (AvgIpc) is 2.38. The summed E-state index contributed by atoms with van der Waals surface area (Å²) in [5.74, 6) is -0.916. The number of carbonyl (C=O) groups is 1. The molecule has 2 rings (SSSR count). The van der Waals surface area contributed by atoms with E-state index in [1.807, 2.05) is 12.1 Å². The number of rotatable bonds is 3. The summed E-state index contributed by atoms with van der Waals surface area (Å²) in [6.45, 7) is 0.366. The highest BCUT2D eigenvalue weighted by Gasteiger charge is 2.19. The smallest absolute Gasteiger partial charge is 0.258 e. The maximum atomic E-state index is 13.8. The van der Waals surface area contributed by atoms with Crippen LogP contribution < -0.4 is 5.73 Å². The lowest BCUT2D eigenvalue weighted by Gasteiger charge is -2.18. The molecule has 20 heavy (non-hydrogen) atoms. The fourth-order valence-electron chi connectivity index (χ4n) is 1.93. The van der Waals surface area contributed by atoms with Crippen LogP contribution in [0.15, 0.2) is 46.9 Å². The number of carbonyl (C=O) groups excluding carboxylic acids is 1. The third-order valence-electron chi connectivity index (χ3n) is 2.89. The molecule has 0 fully saturated rings. The second-order valence-corrected chi connectivity index (χ2v) is 5.36. The van der Waals surface area contributed by atoms with Crippen LogP contribution >= 0.6 is 15.9 Å². The molecule has 2 N–H and O–H groups in total. The Hall–Kier alpha value is -1.88. The Morgan fingerprint density at radius 2 is 2.00 bits per heavy atom. The summed E-state index contributed by atoms with van der Waals surface area (Å²) in [5, 5.41) is 0. The highest BCUT2D eigenvalue weighted by Crippen LogP contribution is 2.21. The van der Waals surface area contributed by atoms with Crippen LogP contribution in [-0.2, 0) is 6.54 Å². The van der Waals surface area contributed by atoms with E-state index in [2.05, 4.69) is 15.9 Å². The number of nitrogen functional groups attached to an aromatic ring is 1. The first-order chi connectivity index (χ1) is 9.49. The number of hydrogen-bond donors (Lipinski definition) is 1. The van der Waals surface area contributed by atoms with E-state index in [1.165, 1.54) is 11.0 Å². The fraction of sp³-hybridized carbons (Fsp3) is 0.133. The van der Waals surface area contributed by atoms with Crippen LogP contribution in [0, 0.1) is 5.82 Å². The van der Waals surface area contributed by atoms with E-state index < -0.39 is 5.82 Å². The SMILES string of the molecule is CN(Cc1cccc(N)c1)C(=O)c1c(F)cccc1Br. The second kappa shape index (κ2) is 6.05. The van der Waals surface area contributed by atoms with Crippen LogP contribution in [0.3, 0.4) is 0 Å². The predicted molar refractivity (Wildman–Crippen MR) is 80.8 cm³/mol. The molecule has 0 aliphatic heterocycles. The van der Waals surface area contributed by atoms with Crippen molar-refractivity contribution < 1.29 is 9.18 Å². The summed E-state index contributed by atoms with van der Waals surface area (Å²) in [6, 6.07) is 11.7. The summed E-state index contributed by atoms with van der Waals surface area (Å²) < 4.78 is 14.2. The number of benzene rings is 2. The van der Waals surface area contributed by atoms with Gasteiger partial charge in [0.15, 0.2) is 0 Å². The second-order valence-electron chi connectivity index (χ2n) is 4.50. The number of halogens is 2. The van der Waals surface area contributed by atoms with Gasteiger partial charge in [-0.15, -0.1) is 0 Å². The van der Waals surface area contributed by atoms with Crippen molar-refractivity contribution in [2.24, 2.45) is 0 Å². The first-order valence-corrected chi connectivity index (χ1v) is 6.82. The van der Waals surface area contributed by atoms with E-state index in [0.717, 1.165) is 5.56 Å². The Morgan fingerprint density at radius 3 is 2.65 bits per heavy atom. The zero-order chi connectivity index (χ0) is 14.7. The molecule has 104 valence electrons. The van der Waals surface area contributed by atoms with Gasteiger partial charge < -0.3 is 10.6 Å². The molecule has 0 aliphatic rings. The molecular formula is C15H14BrFN2O. The van der Waals surface area contributed by atoms with Crippen LogP contribution in [0.4, 0.5) is 10.1 Å². The van der Waals surface area contributed by atoms with Crippen molar-refractivity contribution in [1.29, 1.82) is 0 Å². The van der Waals surface area contributed by atoms with Crippen molar-refractivity contribution in [3.8, 4) is 0 Å². The molecule has 3 nitrogen and oxygen atoms in total. The largest absolute Gasteiger partial charge is 0.399 e. The van der Waals surface area contributed by atoms with Crippen molar-refractivity contribution in [3.63, 3.8) is 0 Å². The molecule has 2 aromatic rings. The Bertz CT molecular complexity index is 625. The molecule has 0 saturated carbocycles. The molecule has 0 unspecified atom stereocenters. The van der Waals surface area contributed by atoms with Crippen LogP contribution in [0.5, 0.6) is 0 Å². The minimum Gasteiger partial charge on any atom is -0.399 e. The summed E-state index contributed by atoms with van der Waals surface area (Å²) in [5.41, 5.74) is 7.27. The molecule has 0 aliphatic carbocycles. The topological polar surface area (TPSA) is 46.3 Å². The molecule has 5 heteroatoms. The van der Waals surface area contributed by atoms with Gasteiger partial charge in [-0.1, -0.05) is 18.2 Å². The van der Waals surface area contributed by atoms with E-state index in [4.69, 9.17) is 5.73 Å². The van der Waals surface area contributed by atoms with Crippen LogP contribution in [0.2, 0.25) is 0 Å². The number of nitrogens with zero attached hydrogens (tertiary/aromatic N) is 1. The lowest BCUT2D eigenvalue weighted by Crippen LogP contribution is -2.27. The minimum absolute atomic E-state index is 0.0407. The van der Waals surface area contributed by atoms with Gasteiger partial charge in [-0.3, -0.25) is 4.79 Å². The van der Waals surface area contributed by atoms with Gasteiger partial charge in [0.05, 0.1) is 5.56 Å². The van der Waals surface area contributed by atoms with Gasteiger partial charge in [0.2, 0.25) is 0 Å². The van der Waals surface area contributed by atoms with Crippen molar-refractivity contribution in [2.75, 3.05) is 12.8 Å². The zero-order valence-corrected chi connectivity index (χ0v) is 12.5. The van der Waals surface area contributed by atoms with Crippen molar-refractivity contribution in [1.82, 2.24) is 4.90 Å². The standard InChI is InChI=1S/C15H14BrFN2O/c1-19(9-10-4-2-5-11(18)8-10)15(20)14-12(16)6-3-7-13(14)17/h2-8H,9,18H2,1H3. The minimum atomic E-state index is -0.538. The lowest BCUT2D eigenvalue weighted by atomic mass is 10.1. The van der Waals surface area contributed by atoms with E-state index in [0.29, 0.717) is 16.7 Å². The Labute approximate surface area is 125 Å². The van der Waals surface area contributed by atoms with E-state index in [9.17, 15) is 9.18 Å². The van der Waals surface area contributed by atoms with E-state index >= 15 is 0 Å². The Kier molecular flexibility index (Phi) is 4.39. The molecule has 1 amide bonds. The summed E-state index contributed by atoms with van der Waals surface area (Å²) >= 11 is 3.21.